The van der Waals surface area contributed by atoms with Gasteiger partial charge in [0, 0.05) is 24.2 Å². The molecule has 0 fully saturated rings. The van der Waals surface area contributed by atoms with E-state index in [0.717, 1.165) is 25.0 Å². The lowest BCUT2D eigenvalue weighted by atomic mass is 9.74. The molecule has 2 heteroatoms. The molecule has 2 atom stereocenters. The molecule has 1 aliphatic rings. The van der Waals surface area contributed by atoms with E-state index in [2.05, 4.69) is 23.2 Å². The molecule has 0 aliphatic heterocycles. The van der Waals surface area contributed by atoms with Crippen molar-refractivity contribution < 1.29 is 5.11 Å². The number of aryl methyl sites for hydroxylation is 1. The van der Waals surface area contributed by atoms with E-state index in [1.807, 2.05) is 37.4 Å². The first kappa shape index (κ1) is 13.3. The Kier molecular flexibility index (Phi) is 3.58. The summed E-state index contributed by atoms with van der Waals surface area (Å²) in [5.41, 5.74) is 2.84. The van der Waals surface area contributed by atoms with Crippen molar-refractivity contribution in [3.63, 3.8) is 0 Å². The number of rotatable bonds is 3. The third kappa shape index (κ3) is 2.61. The van der Waals surface area contributed by atoms with Crippen molar-refractivity contribution in [2.24, 2.45) is 0 Å². The van der Waals surface area contributed by atoms with Gasteiger partial charge in [0.25, 0.3) is 0 Å². The largest absolute Gasteiger partial charge is 0.389 e. The van der Waals surface area contributed by atoms with E-state index in [1.54, 1.807) is 0 Å². The number of aromatic nitrogens is 1. The van der Waals surface area contributed by atoms with Gasteiger partial charge in [0.15, 0.2) is 0 Å². The Morgan fingerprint density at radius 2 is 2.00 bits per heavy atom. The number of pyridine rings is 1. The summed E-state index contributed by atoms with van der Waals surface area (Å²) in [5.74, 6) is 0.132. The number of fused-ring (bicyclic) bond motifs is 1. The quantitative estimate of drug-likeness (QED) is 0.923. The molecule has 0 saturated heterocycles. The van der Waals surface area contributed by atoms with E-state index in [0.29, 0.717) is 6.42 Å². The van der Waals surface area contributed by atoms with Gasteiger partial charge in [0.2, 0.25) is 0 Å². The molecule has 0 saturated carbocycles. The highest BCUT2D eigenvalue weighted by molar-refractivity contribution is 5.29. The molecule has 1 aliphatic carbocycles. The molecule has 2 nitrogen and oxygen atoms in total. The zero-order chi connectivity index (χ0) is 14.0. The van der Waals surface area contributed by atoms with Crippen LogP contribution in [0.15, 0.2) is 48.7 Å². The normalized spacial score (nSPS) is 21.0. The maximum absolute atomic E-state index is 11.0. The topological polar surface area (TPSA) is 33.1 Å². The number of aliphatic hydroxyl groups is 1. The third-order valence-electron chi connectivity index (χ3n) is 4.35. The second kappa shape index (κ2) is 5.37. The molecule has 0 amide bonds. The summed E-state index contributed by atoms with van der Waals surface area (Å²) < 4.78 is 0. The minimum atomic E-state index is -0.745. The summed E-state index contributed by atoms with van der Waals surface area (Å²) >= 11 is 0. The number of benzene rings is 1. The summed E-state index contributed by atoms with van der Waals surface area (Å²) in [6.45, 7) is 1.95. The van der Waals surface area contributed by atoms with E-state index in [4.69, 9.17) is 0 Å². The molecule has 1 heterocycles. The Hall–Kier alpha value is -1.67. The van der Waals surface area contributed by atoms with Gasteiger partial charge in [-0.15, -0.1) is 0 Å². The van der Waals surface area contributed by atoms with Crippen molar-refractivity contribution in [1.82, 2.24) is 4.98 Å². The van der Waals surface area contributed by atoms with Crippen LogP contribution >= 0.6 is 0 Å². The summed E-state index contributed by atoms with van der Waals surface area (Å²) in [5, 5.41) is 11.0. The average Bonchev–Trinajstić information content (AvgIpc) is 2.47. The van der Waals surface area contributed by atoms with Crippen LogP contribution < -0.4 is 0 Å². The van der Waals surface area contributed by atoms with Crippen LogP contribution in [0.1, 0.15) is 42.5 Å². The molecule has 2 aromatic rings. The molecule has 2 unspecified atom stereocenters. The van der Waals surface area contributed by atoms with Gasteiger partial charge in [-0.2, -0.15) is 0 Å². The molecule has 1 aromatic carbocycles. The van der Waals surface area contributed by atoms with E-state index in [1.165, 1.54) is 11.1 Å². The molecular formula is C18H21NO. The van der Waals surface area contributed by atoms with Gasteiger partial charge < -0.3 is 5.11 Å². The number of hydrogen-bond acceptors (Lipinski definition) is 2. The van der Waals surface area contributed by atoms with Crippen molar-refractivity contribution in [3.05, 3.63) is 65.5 Å². The van der Waals surface area contributed by atoms with Crippen LogP contribution in [0.25, 0.3) is 0 Å². The zero-order valence-electron chi connectivity index (χ0n) is 11.9. The van der Waals surface area contributed by atoms with Crippen molar-refractivity contribution in [2.45, 2.75) is 44.1 Å². The van der Waals surface area contributed by atoms with Crippen molar-refractivity contribution in [1.29, 1.82) is 0 Å². The zero-order valence-corrected chi connectivity index (χ0v) is 11.9. The molecule has 1 aromatic heterocycles. The first-order chi connectivity index (χ1) is 9.67. The third-order valence-corrected chi connectivity index (χ3v) is 4.35. The fraction of sp³-hybridized carbons (Fsp3) is 0.389. The van der Waals surface area contributed by atoms with Crippen molar-refractivity contribution >= 4 is 0 Å². The summed E-state index contributed by atoms with van der Waals surface area (Å²) in [6.07, 6.45) is 5.75. The van der Waals surface area contributed by atoms with Crippen LogP contribution in [0.4, 0.5) is 0 Å². The Balaban J connectivity index is 1.88. The second-order valence-electron chi connectivity index (χ2n) is 6.01. The molecule has 104 valence electrons. The van der Waals surface area contributed by atoms with Gasteiger partial charge in [-0.3, -0.25) is 4.98 Å². The minimum absolute atomic E-state index is 0.132. The van der Waals surface area contributed by atoms with E-state index in [-0.39, 0.29) is 5.92 Å². The maximum atomic E-state index is 11.0. The molecular weight excluding hydrogens is 246 g/mol. The lowest BCUT2D eigenvalue weighted by molar-refractivity contribution is 0.0233. The summed E-state index contributed by atoms with van der Waals surface area (Å²) in [4.78, 5) is 4.55. The van der Waals surface area contributed by atoms with E-state index in [9.17, 15) is 5.11 Å². The molecule has 0 bridgehead atoms. The Labute approximate surface area is 120 Å². The maximum Gasteiger partial charge on any atom is 0.0743 e. The van der Waals surface area contributed by atoms with Crippen LogP contribution in [0.2, 0.25) is 0 Å². The molecule has 3 rings (SSSR count). The van der Waals surface area contributed by atoms with Crippen LogP contribution in [0, 0.1) is 0 Å². The molecule has 0 radical (unpaired) electrons. The Morgan fingerprint density at radius 3 is 2.80 bits per heavy atom. The molecule has 20 heavy (non-hydrogen) atoms. The van der Waals surface area contributed by atoms with E-state index >= 15 is 0 Å². The van der Waals surface area contributed by atoms with E-state index < -0.39 is 5.60 Å². The van der Waals surface area contributed by atoms with Crippen molar-refractivity contribution in [3.8, 4) is 0 Å². The van der Waals surface area contributed by atoms with Crippen molar-refractivity contribution in [2.75, 3.05) is 0 Å². The van der Waals surface area contributed by atoms with Gasteiger partial charge in [0.1, 0.15) is 0 Å². The SMILES string of the molecule is CC(O)(Cc1ccccc1)C1CCCc2cccnc21. The lowest BCUT2D eigenvalue weighted by Gasteiger charge is -2.36. The Morgan fingerprint density at radius 1 is 1.20 bits per heavy atom. The average molecular weight is 267 g/mol. The first-order valence-corrected chi connectivity index (χ1v) is 7.37. The fourth-order valence-electron chi connectivity index (χ4n) is 3.35. The van der Waals surface area contributed by atoms with Gasteiger partial charge in [-0.25, -0.2) is 0 Å². The number of hydrogen-bond donors (Lipinski definition) is 1. The second-order valence-corrected chi connectivity index (χ2v) is 6.01. The van der Waals surface area contributed by atoms with Gasteiger partial charge in [0.05, 0.1) is 5.60 Å². The predicted octanol–water partition coefficient (Wildman–Crippen LogP) is 3.50. The van der Waals surface area contributed by atoms with Crippen LogP contribution in [-0.2, 0) is 12.8 Å². The lowest BCUT2D eigenvalue weighted by Crippen LogP contribution is -2.37. The monoisotopic (exact) mass is 267 g/mol. The highest BCUT2D eigenvalue weighted by Crippen LogP contribution is 2.39. The highest BCUT2D eigenvalue weighted by atomic mass is 16.3. The summed E-state index contributed by atoms with van der Waals surface area (Å²) in [7, 11) is 0. The van der Waals surface area contributed by atoms with Gasteiger partial charge in [-0.1, -0.05) is 36.4 Å². The predicted molar refractivity (Wildman–Crippen MR) is 80.7 cm³/mol. The van der Waals surface area contributed by atoms with Gasteiger partial charge >= 0.3 is 0 Å². The number of nitrogens with zero attached hydrogens (tertiary/aromatic N) is 1. The first-order valence-electron chi connectivity index (χ1n) is 7.37. The molecule has 1 N–H and O–H groups in total. The smallest absolute Gasteiger partial charge is 0.0743 e. The standard InChI is InChI=1S/C18H21NO/c1-18(20,13-14-7-3-2-4-8-14)16-11-5-9-15-10-6-12-19-17(15)16/h2-4,6-8,10,12,16,20H,5,9,11,13H2,1H3. The highest BCUT2D eigenvalue weighted by Gasteiger charge is 2.36. The molecule has 0 spiro atoms. The van der Waals surface area contributed by atoms with Crippen LogP contribution in [0.3, 0.4) is 0 Å². The van der Waals surface area contributed by atoms with Crippen LogP contribution in [-0.4, -0.2) is 15.7 Å². The van der Waals surface area contributed by atoms with Crippen LogP contribution in [0.5, 0.6) is 0 Å². The summed E-state index contributed by atoms with van der Waals surface area (Å²) in [6, 6.07) is 14.4. The minimum Gasteiger partial charge on any atom is -0.389 e. The van der Waals surface area contributed by atoms with Gasteiger partial charge in [-0.05, 0) is 43.4 Å². The fourth-order valence-corrected chi connectivity index (χ4v) is 3.35. The Bertz CT molecular complexity index is 577.